The maximum atomic E-state index is 4.24. The number of fused-ring (bicyclic) bond motifs is 1. The molecule has 0 aromatic carbocycles. The van der Waals surface area contributed by atoms with E-state index in [1.54, 1.807) is 11.8 Å². The highest BCUT2D eigenvalue weighted by Gasteiger charge is 2.25. The topological polar surface area (TPSA) is 42.7 Å². The summed E-state index contributed by atoms with van der Waals surface area (Å²) in [6, 6.07) is 0.462. The molecule has 1 aliphatic rings. The van der Waals surface area contributed by atoms with Crippen LogP contribution in [0.1, 0.15) is 33.5 Å². The largest absolute Gasteiger partial charge is 0.318 e. The SMILES string of the molecule is CC(C)Cc1nnc2n1NC(C)C(C)S2. The van der Waals surface area contributed by atoms with Crippen LogP contribution in [0.3, 0.4) is 0 Å². The van der Waals surface area contributed by atoms with Crippen molar-refractivity contribution in [3.05, 3.63) is 5.82 Å². The Kier molecular flexibility index (Phi) is 2.91. The van der Waals surface area contributed by atoms with Crippen molar-refractivity contribution < 1.29 is 0 Å². The number of nitrogens with one attached hydrogen (secondary N) is 1. The fourth-order valence-corrected chi connectivity index (χ4v) is 2.53. The molecule has 1 aromatic rings. The summed E-state index contributed by atoms with van der Waals surface area (Å²) in [4.78, 5) is 0. The number of rotatable bonds is 2. The minimum atomic E-state index is 0.462. The highest BCUT2D eigenvalue weighted by atomic mass is 32.2. The Morgan fingerprint density at radius 3 is 2.80 bits per heavy atom. The lowest BCUT2D eigenvalue weighted by atomic mass is 10.1. The van der Waals surface area contributed by atoms with E-state index in [2.05, 4.69) is 48.0 Å². The van der Waals surface area contributed by atoms with E-state index in [0.717, 1.165) is 17.4 Å². The number of nitrogens with zero attached hydrogens (tertiary/aromatic N) is 3. The quantitative estimate of drug-likeness (QED) is 0.836. The van der Waals surface area contributed by atoms with Gasteiger partial charge in [-0.25, -0.2) is 4.68 Å². The van der Waals surface area contributed by atoms with Crippen LogP contribution in [0, 0.1) is 5.92 Å². The van der Waals surface area contributed by atoms with E-state index in [9.17, 15) is 0 Å². The van der Waals surface area contributed by atoms with Crippen LogP contribution in [0.5, 0.6) is 0 Å². The van der Waals surface area contributed by atoms with E-state index in [0.29, 0.717) is 17.2 Å². The van der Waals surface area contributed by atoms with Gasteiger partial charge in [-0.1, -0.05) is 32.5 Å². The zero-order chi connectivity index (χ0) is 11.0. The van der Waals surface area contributed by atoms with Crippen LogP contribution in [0.2, 0.25) is 0 Å². The van der Waals surface area contributed by atoms with Crippen LogP contribution in [0.25, 0.3) is 0 Å². The molecule has 15 heavy (non-hydrogen) atoms. The van der Waals surface area contributed by atoms with Crippen LogP contribution in [-0.2, 0) is 6.42 Å². The molecule has 1 aliphatic heterocycles. The van der Waals surface area contributed by atoms with Gasteiger partial charge in [0.1, 0.15) is 0 Å². The Morgan fingerprint density at radius 2 is 2.13 bits per heavy atom. The number of aromatic nitrogens is 3. The van der Waals surface area contributed by atoms with Crippen LogP contribution in [0.4, 0.5) is 0 Å². The van der Waals surface area contributed by atoms with E-state index in [1.807, 2.05) is 0 Å². The molecule has 1 aromatic heterocycles. The Labute approximate surface area is 94.8 Å². The second kappa shape index (κ2) is 4.04. The van der Waals surface area contributed by atoms with E-state index >= 15 is 0 Å². The molecule has 84 valence electrons. The fourth-order valence-electron chi connectivity index (χ4n) is 1.58. The van der Waals surface area contributed by atoms with Crippen LogP contribution in [0.15, 0.2) is 5.16 Å². The van der Waals surface area contributed by atoms with Crippen molar-refractivity contribution in [1.29, 1.82) is 0 Å². The lowest BCUT2D eigenvalue weighted by Crippen LogP contribution is -2.38. The zero-order valence-corrected chi connectivity index (χ0v) is 10.5. The van der Waals surface area contributed by atoms with Gasteiger partial charge in [0, 0.05) is 11.7 Å². The third-order valence-corrected chi connectivity index (χ3v) is 3.87. The highest BCUT2D eigenvalue weighted by molar-refractivity contribution is 7.99. The molecule has 4 nitrogen and oxygen atoms in total. The summed E-state index contributed by atoms with van der Waals surface area (Å²) in [5.74, 6) is 1.66. The van der Waals surface area contributed by atoms with E-state index in [-0.39, 0.29) is 0 Å². The Balaban J connectivity index is 2.23. The molecule has 0 spiro atoms. The Bertz CT molecular complexity index is 347. The van der Waals surface area contributed by atoms with E-state index in [1.165, 1.54) is 0 Å². The third-order valence-electron chi connectivity index (χ3n) is 2.62. The van der Waals surface area contributed by atoms with Gasteiger partial charge >= 0.3 is 0 Å². The first-order chi connectivity index (χ1) is 7.08. The smallest absolute Gasteiger partial charge is 0.210 e. The number of thioether (sulfide) groups is 1. The maximum Gasteiger partial charge on any atom is 0.210 e. The van der Waals surface area contributed by atoms with E-state index < -0.39 is 0 Å². The van der Waals surface area contributed by atoms with Gasteiger partial charge in [0.15, 0.2) is 5.82 Å². The zero-order valence-electron chi connectivity index (χ0n) is 9.69. The van der Waals surface area contributed by atoms with Crippen molar-refractivity contribution in [2.75, 3.05) is 5.43 Å². The molecule has 0 amide bonds. The summed E-state index contributed by atoms with van der Waals surface area (Å²) in [5, 5.41) is 9.99. The molecular weight excluding hydrogens is 208 g/mol. The lowest BCUT2D eigenvalue weighted by molar-refractivity contribution is 0.557. The monoisotopic (exact) mass is 226 g/mol. The van der Waals surface area contributed by atoms with Crippen molar-refractivity contribution in [3.8, 4) is 0 Å². The van der Waals surface area contributed by atoms with Gasteiger partial charge < -0.3 is 5.43 Å². The van der Waals surface area contributed by atoms with Crippen molar-refractivity contribution >= 4 is 11.8 Å². The van der Waals surface area contributed by atoms with Crippen LogP contribution < -0.4 is 5.43 Å². The standard InChI is InChI=1S/C10H18N4S/c1-6(2)5-9-11-12-10-14(9)13-7(3)8(4)15-10/h6-8,13H,5H2,1-4H3. The molecular formula is C10H18N4S. The highest BCUT2D eigenvalue weighted by Crippen LogP contribution is 2.28. The third kappa shape index (κ3) is 2.12. The molecule has 0 aliphatic carbocycles. The maximum absolute atomic E-state index is 4.24. The van der Waals surface area contributed by atoms with Gasteiger partial charge in [-0.15, -0.1) is 10.2 Å². The normalized spacial score (nSPS) is 25.1. The average molecular weight is 226 g/mol. The first kappa shape index (κ1) is 10.8. The van der Waals surface area contributed by atoms with Gasteiger partial charge in [-0.3, -0.25) is 0 Å². The predicted octanol–water partition coefficient (Wildman–Crippen LogP) is 1.90. The second-order valence-electron chi connectivity index (χ2n) is 4.57. The van der Waals surface area contributed by atoms with Gasteiger partial charge in [-0.2, -0.15) is 0 Å². The number of hydrogen-bond acceptors (Lipinski definition) is 4. The lowest BCUT2D eigenvalue weighted by Gasteiger charge is -2.28. The van der Waals surface area contributed by atoms with Crippen molar-refractivity contribution in [1.82, 2.24) is 14.9 Å². The van der Waals surface area contributed by atoms with Gasteiger partial charge in [0.25, 0.3) is 0 Å². The second-order valence-corrected chi connectivity index (χ2v) is 5.92. The number of hydrogen-bond donors (Lipinski definition) is 1. The summed E-state index contributed by atoms with van der Waals surface area (Å²) in [6.45, 7) is 8.80. The first-order valence-corrected chi connectivity index (χ1v) is 6.33. The molecule has 2 unspecified atom stereocenters. The van der Waals surface area contributed by atoms with E-state index in [4.69, 9.17) is 0 Å². The van der Waals surface area contributed by atoms with Gasteiger partial charge in [-0.05, 0) is 12.8 Å². The van der Waals surface area contributed by atoms with Gasteiger partial charge in [0.05, 0.1) is 6.04 Å². The molecule has 0 radical (unpaired) electrons. The summed E-state index contributed by atoms with van der Waals surface area (Å²) < 4.78 is 2.05. The Hall–Kier alpha value is -0.710. The van der Waals surface area contributed by atoms with Crippen molar-refractivity contribution in [2.45, 2.75) is 50.6 Å². The molecule has 1 N–H and O–H groups in total. The summed E-state index contributed by atoms with van der Waals surface area (Å²) in [5.41, 5.74) is 3.43. The van der Waals surface area contributed by atoms with Crippen molar-refractivity contribution in [2.24, 2.45) is 5.92 Å². The minimum Gasteiger partial charge on any atom is -0.318 e. The molecule has 0 bridgehead atoms. The summed E-state index contributed by atoms with van der Waals surface area (Å²) in [6.07, 6.45) is 0.974. The molecule has 2 heterocycles. The molecule has 0 saturated carbocycles. The molecule has 2 rings (SSSR count). The first-order valence-electron chi connectivity index (χ1n) is 5.45. The molecule has 2 atom stereocenters. The van der Waals surface area contributed by atoms with Gasteiger partial charge in [0.2, 0.25) is 5.16 Å². The summed E-state index contributed by atoms with van der Waals surface area (Å²) in [7, 11) is 0. The van der Waals surface area contributed by atoms with Crippen LogP contribution >= 0.6 is 11.8 Å². The predicted molar refractivity (Wildman–Crippen MR) is 62.7 cm³/mol. The van der Waals surface area contributed by atoms with Crippen LogP contribution in [-0.4, -0.2) is 26.2 Å². The van der Waals surface area contributed by atoms with Crippen molar-refractivity contribution in [3.63, 3.8) is 0 Å². The molecule has 0 fully saturated rings. The molecule has 5 heteroatoms. The fraction of sp³-hybridized carbons (Fsp3) is 0.800. The summed E-state index contributed by atoms with van der Waals surface area (Å²) >= 11 is 1.79. The molecule has 0 saturated heterocycles. The average Bonchev–Trinajstić information content (AvgIpc) is 2.49. The minimum absolute atomic E-state index is 0.462. The Morgan fingerprint density at radius 1 is 1.40 bits per heavy atom.